The van der Waals surface area contributed by atoms with E-state index in [4.69, 9.17) is 0 Å². The van der Waals surface area contributed by atoms with Crippen LogP contribution in [0.2, 0.25) is 0 Å². The molecule has 6 nitrogen and oxygen atoms in total. The van der Waals surface area contributed by atoms with E-state index in [1.165, 1.54) is 11.3 Å². The molecule has 0 saturated heterocycles. The van der Waals surface area contributed by atoms with Crippen molar-refractivity contribution in [3.8, 4) is 10.6 Å². The van der Waals surface area contributed by atoms with Crippen LogP contribution < -0.4 is 5.32 Å². The molecule has 22 heavy (non-hydrogen) atoms. The maximum Gasteiger partial charge on any atom is 0.324 e. The van der Waals surface area contributed by atoms with Gasteiger partial charge in [0.05, 0.1) is 6.10 Å². The fourth-order valence-corrected chi connectivity index (χ4v) is 2.69. The van der Waals surface area contributed by atoms with Gasteiger partial charge in [0, 0.05) is 18.2 Å². The van der Waals surface area contributed by atoms with E-state index in [0.29, 0.717) is 5.13 Å². The number of nitrogens with zero attached hydrogens (tertiary/aromatic N) is 3. The molecule has 1 unspecified atom stereocenters. The minimum Gasteiger partial charge on any atom is -0.392 e. The van der Waals surface area contributed by atoms with Gasteiger partial charge in [-0.25, -0.2) is 4.79 Å². The van der Waals surface area contributed by atoms with Crippen molar-refractivity contribution in [3.63, 3.8) is 0 Å². The second-order valence-electron chi connectivity index (χ2n) is 5.30. The van der Waals surface area contributed by atoms with Gasteiger partial charge in [-0.2, -0.15) is 0 Å². The quantitative estimate of drug-likeness (QED) is 0.888. The first-order valence-electron chi connectivity index (χ1n) is 7.12. The minimum absolute atomic E-state index is 0.0175. The van der Waals surface area contributed by atoms with Gasteiger partial charge >= 0.3 is 6.03 Å². The minimum atomic E-state index is -0.581. The van der Waals surface area contributed by atoms with Crippen molar-refractivity contribution in [2.24, 2.45) is 0 Å². The molecule has 1 aromatic heterocycles. The highest BCUT2D eigenvalue weighted by Gasteiger charge is 2.20. The number of amides is 2. The Bertz CT molecular complexity index is 613. The number of hydrogen-bond donors (Lipinski definition) is 2. The highest BCUT2D eigenvalue weighted by Crippen LogP contribution is 2.26. The van der Waals surface area contributed by atoms with Gasteiger partial charge in [-0.3, -0.25) is 5.32 Å². The molecule has 0 aliphatic rings. The van der Waals surface area contributed by atoms with Gasteiger partial charge in [0.15, 0.2) is 0 Å². The second-order valence-corrected chi connectivity index (χ2v) is 6.28. The molecule has 0 spiro atoms. The van der Waals surface area contributed by atoms with Crippen molar-refractivity contribution in [1.29, 1.82) is 0 Å². The normalized spacial score (nSPS) is 12.2. The van der Waals surface area contributed by atoms with Gasteiger partial charge < -0.3 is 10.0 Å². The number of carbonyl (C=O) groups is 1. The van der Waals surface area contributed by atoms with Crippen LogP contribution in [0.25, 0.3) is 10.6 Å². The van der Waals surface area contributed by atoms with E-state index >= 15 is 0 Å². The number of nitrogens with one attached hydrogen (secondary N) is 1. The molecule has 7 heteroatoms. The maximum absolute atomic E-state index is 12.3. The first-order valence-corrected chi connectivity index (χ1v) is 7.93. The summed E-state index contributed by atoms with van der Waals surface area (Å²) >= 11 is 1.32. The molecule has 0 aliphatic carbocycles. The van der Waals surface area contributed by atoms with Crippen molar-refractivity contribution in [3.05, 3.63) is 30.3 Å². The largest absolute Gasteiger partial charge is 0.392 e. The third kappa shape index (κ3) is 4.25. The van der Waals surface area contributed by atoms with E-state index in [1.807, 2.05) is 44.2 Å². The number of rotatable bonds is 5. The summed E-state index contributed by atoms with van der Waals surface area (Å²) in [6, 6.07) is 9.38. The summed E-state index contributed by atoms with van der Waals surface area (Å²) in [6.07, 6.45) is -0.581. The summed E-state index contributed by atoms with van der Waals surface area (Å²) in [5.41, 5.74) is 0.963. The highest BCUT2D eigenvalue weighted by atomic mass is 32.1. The zero-order valence-electron chi connectivity index (χ0n) is 12.9. The molecule has 0 bridgehead atoms. The van der Waals surface area contributed by atoms with Gasteiger partial charge in [-0.05, 0) is 20.8 Å². The van der Waals surface area contributed by atoms with E-state index in [1.54, 1.807) is 11.8 Å². The molecule has 0 fully saturated rings. The Labute approximate surface area is 133 Å². The Morgan fingerprint density at radius 3 is 2.55 bits per heavy atom. The Kier molecular flexibility index (Phi) is 5.46. The second kappa shape index (κ2) is 7.33. The van der Waals surface area contributed by atoms with E-state index in [9.17, 15) is 9.90 Å². The number of aliphatic hydroxyl groups excluding tert-OH is 1. The van der Waals surface area contributed by atoms with Crippen molar-refractivity contribution in [2.75, 3.05) is 11.9 Å². The fourth-order valence-electron chi connectivity index (χ4n) is 1.95. The molecule has 118 valence electrons. The average Bonchev–Trinajstić information content (AvgIpc) is 2.93. The number of aromatic nitrogens is 2. The molecule has 2 aromatic rings. The summed E-state index contributed by atoms with van der Waals surface area (Å²) in [7, 11) is 0. The van der Waals surface area contributed by atoms with Crippen molar-refractivity contribution in [2.45, 2.75) is 32.9 Å². The molecule has 1 aromatic carbocycles. The molecular formula is C15H20N4O2S. The predicted octanol–water partition coefficient (Wildman–Crippen LogP) is 2.83. The van der Waals surface area contributed by atoms with Crippen LogP contribution in [0.15, 0.2) is 30.3 Å². The van der Waals surface area contributed by atoms with Crippen LogP contribution in [0.3, 0.4) is 0 Å². The van der Waals surface area contributed by atoms with E-state index in [2.05, 4.69) is 15.5 Å². The Hall–Kier alpha value is -1.99. The van der Waals surface area contributed by atoms with Gasteiger partial charge in [0.25, 0.3) is 0 Å². The lowest BCUT2D eigenvalue weighted by atomic mass is 10.2. The van der Waals surface area contributed by atoms with Crippen LogP contribution in [0.5, 0.6) is 0 Å². The first kappa shape index (κ1) is 16.4. The lowest BCUT2D eigenvalue weighted by molar-refractivity contribution is 0.125. The maximum atomic E-state index is 12.3. The standard InChI is InChI=1S/C15H20N4O2S/c1-10(2)19(9-11(3)20)15(21)16-14-18-17-13(22-14)12-7-5-4-6-8-12/h4-8,10-11,20H,9H2,1-3H3,(H,16,18,21). The Morgan fingerprint density at radius 2 is 1.95 bits per heavy atom. The highest BCUT2D eigenvalue weighted by molar-refractivity contribution is 7.18. The number of hydrogen-bond acceptors (Lipinski definition) is 5. The molecule has 2 N–H and O–H groups in total. The van der Waals surface area contributed by atoms with Crippen molar-refractivity contribution in [1.82, 2.24) is 15.1 Å². The summed E-state index contributed by atoms with van der Waals surface area (Å²) in [5, 5.41) is 21.5. The molecule has 2 amide bonds. The summed E-state index contributed by atoms with van der Waals surface area (Å²) in [5.74, 6) is 0. The lowest BCUT2D eigenvalue weighted by Gasteiger charge is -2.27. The monoisotopic (exact) mass is 320 g/mol. The fraction of sp³-hybridized carbons (Fsp3) is 0.400. The number of anilines is 1. The third-order valence-corrected chi connectivity index (χ3v) is 3.89. The zero-order valence-corrected chi connectivity index (χ0v) is 13.7. The van der Waals surface area contributed by atoms with Crippen LogP contribution in [-0.4, -0.2) is 44.9 Å². The van der Waals surface area contributed by atoms with Crippen LogP contribution in [0.4, 0.5) is 9.93 Å². The smallest absolute Gasteiger partial charge is 0.324 e. The van der Waals surface area contributed by atoms with E-state index in [-0.39, 0.29) is 18.6 Å². The van der Waals surface area contributed by atoms with Crippen molar-refractivity contribution < 1.29 is 9.90 Å². The number of aliphatic hydroxyl groups is 1. The SMILES string of the molecule is CC(O)CN(C(=O)Nc1nnc(-c2ccccc2)s1)C(C)C. The van der Waals surface area contributed by atoms with Gasteiger partial charge in [0.2, 0.25) is 5.13 Å². The average molecular weight is 320 g/mol. The van der Waals surface area contributed by atoms with Crippen LogP contribution in [0, 0.1) is 0 Å². The van der Waals surface area contributed by atoms with Crippen LogP contribution >= 0.6 is 11.3 Å². The van der Waals surface area contributed by atoms with Crippen molar-refractivity contribution >= 4 is 22.5 Å². The summed E-state index contributed by atoms with van der Waals surface area (Å²) in [6.45, 7) is 5.73. The molecule has 0 aliphatic heterocycles. The molecule has 0 radical (unpaired) electrons. The van der Waals surface area contributed by atoms with E-state index in [0.717, 1.165) is 10.6 Å². The lowest BCUT2D eigenvalue weighted by Crippen LogP contribution is -2.43. The number of benzene rings is 1. The van der Waals surface area contributed by atoms with Gasteiger partial charge in [-0.1, -0.05) is 41.7 Å². The third-order valence-electron chi connectivity index (χ3n) is 3.00. The van der Waals surface area contributed by atoms with Gasteiger partial charge in [-0.15, -0.1) is 10.2 Å². The zero-order chi connectivity index (χ0) is 16.1. The topological polar surface area (TPSA) is 78.4 Å². The Balaban J connectivity index is 2.07. The van der Waals surface area contributed by atoms with Gasteiger partial charge in [0.1, 0.15) is 5.01 Å². The first-order chi connectivity index (χ1) is 10.5. The predicted molar refractivity (Wildman–Crippen MR) is 87.9 cm³/mol. The Morgan fingerprint density at radius 1 is 1.27 bits per heavy atom. The van der Waals surface area contributed by atoms with Crippen LogP contribution in [0.1, 0.15) is 20.8 Å². The number of carbonyl (C=O) groups excluding carboxylic acids is 1. The molecule has 1 atom stereocenters. The molecule has 2 rings (SSSR count). The summed E-state index contributed by atoms with van der Waals surface area (Å²) in [4.78, 5) is 13.8. The molecule has 0 saturated carbocycles. The van der Waals surface area contributed by atoms with Crippen LogP contribution in [-0.2, 0) is 0 Å². The molecule has 1 heterocycles. The summed E-state index contributed by atoms with van der Waals surface area (Å²) < 4.78 is 0. The molecular weight excluding hydrogens is 300 g/mol. The van der Waals surface area contributed by atoms with E-state index < -0.39 is 6.10 Å². The number of urea groups is 1.